The van der Waals surface area contributed by atoms with E-state index in [1.54, 1.807) is 23.9 Å². The largest absolute Gasteiger partial charge is 0.547 e. The molecule has 1 saturated heterocycles. The average Bonchev–Trinajstić information content (AvgIpc) is 2.11. The molecule has 58 valence electrons. The fraction of sp³-hybridized carbons (Fsp3) is 0.833. The molecule has 0 unspecified atom stereocenters. The molecule has 0 atom stereocenters. The summed E-state index contributed by atoms with van der Waals surface area (Å²) in [7, 11) is 3.56. The fourth-order valence-corrected chi connectivity index (χ4v) is 1.26. The number of carboxylic acid groups (broad SMARTS) is 1. The highest BCUT2D eigenvalue weighted by molar-refractivity contribution is 5.70. The molecule has 0 spiro atoms. The Kier molecular flexibility index (Phi) is 1.92. The van der Waals surface area contributed by atoms with Crippen LogP contribution in [0.5, 0.6) is 0 Å². The molecule has 4 heteroatoms. The van der Waals surface area contributed by atoms with Gasteiger partial charge in [0.2, 0.25) is 0 Å². The van der Waals surface area contributed by atoms with Gasteiger partial charge in [0, 0.05) is 13.1 Å². The molecule has 1 fully saturated rings. The topological polar surface area (TPSA) is 46.6 Å². The first-order chi connectivity index (χ1) is 4.63. The van der Waals surface area contributed by atoms with Gasteiger partial charge in [-0.15, -0.1) is 0 Å². The third-order valence-electron chi connectivity index (χ3n) is 1.85. The van der Waals surface area contributed by atoms with Crippen LogP contribution in [0.4, 0.5) is 0 Å². The molecule has 1 heterocycles. The van der Waals surface area contributed by atoms with E-state index in [1.807, 2.05) is 0 Å². The molecule has 0 aromatic carbocycles. The van der Waals surface area contributed by atoms with Crippen molar-refractivity contribution in [1.29, 1.82) is 0 Å². The monoisotopic (exact) mass is 143 g/mol. The summed E-state index contributed by atoms with van der Waals surface area (Å²) in [6, 6.07) is 0. The summed E-state index contributed by atoms with van der Waals surface area (Å²) in [5.41, 5.74) is 0. The van der Waals surface area contributed by atoms with E-state index in [1.165, 1.54) is 0 Å². The van der Waals surface area contributed by atoms with Crippen LogP contribution in [0.2, 0.25) is 0 Å². The van der Waals surface area contributed by atoms with Crippen molar-refractivity contribution in [2.24, 2.45) is 0 Å². The van der Waals surface area contributed by atoms with Gasteiger partial charge < -0.3 is 9.90 Å². The number of carbonyl (C=O) groups excluding carboxylic acids is 1. The van der Waals surface area contributed by atoms with Crippen molar-refractivity contribution < 1.29 is 9.90 Å². The molecule has 0 amide bonds. The molecule has 1 aliphatic rings. The zero-order chi connectivity index (χ0) is 7.72. The molecule has 0 aromatic heterocycles. The van der Waals surface area contributed by atoms with Gasteiger partial charge in [0.1, 0.15) is 6.17 Å². The number of hydrogen-bond donors (Lipinski definition) is 0. The lowest BCUT2D eigenvalue weighted by molar-refractivity contribution is -0.314. The summed E-state index contributed by atoms with van der Waals surface area (Å²) in [5.74, 6) is -1.01. The lowest BCUT2D eigenvalue weighted by Crippen LogP contribution is -2.49. The van der Waals surface area contributed by atoms with Crippen LogP contribution in [0.25, 0.3) is 0 Å². The molecule has 1 rings (SSSR count). The van der Waals surface area contributed by atoms with Gasteiger partial charge in [0.15, 0.2) is 0 Å². The number of hydrogen-bond acceptors (Lipinski definition) is 4. The minimum absolute atomic E-state index is 0.528. The normalized spacial score (nSPS) is 23.8. The molecular formula is C6H11N2O2-. The number of rotatable bonds is 1. The Morgan fingerprint density at radius 3 is 2.00 bits per heavy atom. The molecule has 0 radical (unpaired) electrons. The third-order valence-corrected chi connectivity index (χ3v) is 1.85. The summed E-state index contributed by atoms with van der Waals surface area (Å²) < 4.78 is 0. The standard InChI is InChI=1S/C6H12N2O2/c1-7-3-4-8(2)5(7)6(9)10/h5H,3-4H2,1-2H3,(H,9,10)/p-1. The van der Waals surface area contributed by atoms with E-state index in [0.717, 1.165) is 13.1 Å². The molecule has 0 saturated carbocycles. The smallest absolute Gasteiger partial charge is 0.103 e. The Morgan fingerprint density at radius 2 is 1.80 bits per heavy atom. The maximum atomic E-state index is 10.4. The van der Waals surface area contributed by atoms with Crippen molar-refractivity contribution in [1.82, 2.24) is 9.80 Å². The Morgan fingerprint density at radius 1 is 1.40 bits per heavy atom. The van der Waals surface area contributed by atoms with Gasteiger partial charge in [-0.25, -0.2) is 0 Å². The lowest BCUT2D eigenvalue weighted by atomic mass is 10.4. The lowest BCUT2D eigenvalue weighted by Gasteiger charge is -2.25. The van der Waals surface area contributed by atoms with E-state index < -0.39 is 12.1 Å². The van der Waals surface area contributed by atoms with Gasteiger partial charge in [-0.2, -0.15) is 0 Å². The quantitative estimate of drug-likeness (QED) is 0.423. The average molecular weight is 143 g/mol. The van der Waals surface area contributed by atoms with Gasteiger partial charge in [0.05, 0.1) is 5.97 Å². The molecule has 10 heavy (non-hydrogen) atoms. The van der Waals surface area contributed by atoms with Crippen molar-refractivity contribution in [3.63, 3.8) is 0 Å². The first-order valence-corrected chi connectivity index (χ1v) is 3.24. The molecule has 1 aliphatic heterocycles. The number of aliphatic carboxylic acids is 1. The van der Waals surface area contributed by atoms with Crippen LogP contribution in [-0.4, -0.2) is 49.1 Å². The fourth-order valence-electron chi connectivity index (χ4n) is 1.26. The van der Waals surface area contributed by atoms with E-state index in [4.69, 9.17) is 0 Å². The Bertz CT molecular complexity index is 139. The summed E-state index contributed by atoms with van der Waals surface area (Å²) in [6.07, 6.45) is -0.528. The predicted molar refractivity (Wildman–Crippen MR) is 34.1 cm³/mol. The first kappa shape index (κ1) is 7.50. The highest BCUT2D eigenvalue weighted by Crippen LogP contribution is 2.07. The minimum atomic E-state index is -1.01. The van der Waals surface area contributed by atoms with Gasteiger partial charge in [-0.1, -0.05) is 0 Å². The van der Waals surface area contributed by atoms with Gasteiger partial charge >= 0.3 is 0 Å². The second kappa shape index (κ2) is 2.56. The van der Waals surface area contributed by atoms with E-state index in [0.29, 0.717) is 0 Å². The maximum Gasteiger partial charge on any atom is 0.103 e. The van der Waals surface area contributed by atoms with Crippen molar-refractivity contribution in [3.05, 3.63) is 0 Å². The van der Waals surface area contributed by atoms with Crippen LogP contribution in [-0.2, 0) is 4.79 Å². The van der Waals surface area contributed by atoms with Crippen molar-refractivity contribution in [2.75, 3.05) is 27.2 Å². The number of carbonyl (C=O) groups is 1. The Balaban J connectivity index is 2.63. The molecular weight excluding hydrogens is 132 g/mol. The second-order valence-corrected chi connectivity index (χ2v) is 2.65. The first-order valence-electron chi connectivity index (χ1n) is 3.24. The van der Waals surface area contributed by atoms with Gasteiger partial charge in [0.25, 0.3) is 0 Å². The van der Waals surface area contributed by atoms with Crippen molar-refractivity contribution >= 4 is 5.97 Å². The summed E-state index contributed by atoms with van der Waals surface area (Å²) in [5, 5.41) is 10.4. The van der Waals surface area contributed by atoms with Crippen LogP contribution >= 0.6 is 0 Å². The van der Waals surface area contributed by atoms with E-state index in [-0.39, 0.29) is 0 Å². The van der Waals surface area contributed by atoms with E-state index in [2.05, 4.69) is 0 Å². The van der Waals surface area contributed by atoms with Crippen molar-refractivity contribution in [2.45, 2.75) is 6.17 Å². The number of nitrogens with zero attached hydrogens (tertiary/aromatic N) is 2. The molecule has 0 N–H and O–H groups in total. The highest BCUT2D eigenvalue weighted by atomic mass is 16.4. The van der Waals surface area contributed by atoms with E-state index in [9.17, 15) is 9.90 Å². The predicted octanol–water partition coefficient (Wildman–Crippen LogP) is -2.06. The Labute approximate surface area is 60.0 Å². The summed E-state index contributed by atoms with van der Waals surface area (Å²) in [6.45, 7) is 1.60. The molecule has 0 bridgehead atoms. The van der Waals surface area contributed by atoms with Gasteiger partial charge in [-0.3, -0.25) is 9.80 Å². The second-order valence-electron chi connectivity index (χ2n) is 2.65. The number of carboxylic acids is 1. The van der Waals surface area contributed by atoms with Gasteiger partial charge in [-0.05, 0) is 14.1 Å². The Hall–Kier alpha value is -0.610. The molecule has 0 aliphatic carbocycles. The molecule has 4 nitrogen and oxygen atoms in total. The zero-order valence-electron chi connectivity index (χ0n) is 6.20. The minimum Gasteiger partial charge on any atom is -0.547 e. The van der Waals surface area contributed by atoms with Crippen LogP contribution in [0, 0.1) is 0 Å². The van der Waals surface area contributed by atoms with Crippen molar-refractivity contribution in [3.8, 4) is 0 Å². The summed E-state index contributed by atoms with van der Waals surface area (Å²) in [4.78, 5) is 13.9. The third kappa shape index (κ3) is 1.12. The summed E-state index contributed by atoms with van der Waals surface area (Å²) >= 11 is 0. The van der Waals surface area contributed by atoms with Crippen LogP contribution in [0.3, 0.4) is 0 Å². The SMILES string of the molecule is CN1CCN(C)C1C(=O)[O-]. The van der Waals surface area contributed by atoms with Crippen LogP contribution in [0.1, 0.15) is 0 Å². The number of likely N-dealkylation sites (N-methyl/N-ethyl adjacent to an activating group) is 2. The maximum absolute atomic E-state index is 10.4. The van der Waals surface area contributed by atoms with E-state index >= 15 is 0 Å². The van der Waals surface area contributed by atoms with Crippen LogP contribution < -0.4 is 5.11 Å². The highest BCUT2D eigenvalue weighted by Gasteiger charge is 2.26. The van der Waals surface area contributed by atoms with Crippen LogP contribution in [0.15, 0.2) is 0 Å². The molecule has 0 aromatic rings. The zero-order valence-corrected chi connectivity index (χ0v) is 6.20.